The number of benzene rings is 2. The van der Waals surface area contributed by atoms with Crippen LogP contribution in [-0.2, 0) is 6.54 Å². The number of hydrogen-bond donors (Lipinski definition) is 1. The van der Waals surface area contributed by atoms with Gasteiger partial charge in [-0.05, 0) is 60.2 Å². The molecule has 0 aliphatic rings. The Hall–Kier alpha value is -1.83. The Morgan fingerprint density at radius 1 is 1.10 bits per heavy atom. The van der Waals surface area contributed by atoms with Crippen molar-refractivity contribution in [3.8, 4) is 0 Å². The summed E-state index contributed by atoms with van der Waals surface area (Å²) < 4.78 is 13.0. The van der Waals surface area contributed by atoms with Gasteiger partial charge in [0.05, 0.1) is 0 Å². The molecule has 0 aliphatic heterocycles. The highest BCUT2D eigenvalue weighted by molar-refractivity contribution is 5.46. The minimum atomic E-state index is -0.177. The molecule has 0 spiro atoms. The second-order valence-corrected chi connectivity index (χ2v) is 5.36. The largest absolute Gasteiger partial charge is 0.381 e. The lowest BCUT2D eigenvalue weighted by Crippen LogP contribution is -2.02. The first-order valence-corrected chi connectivity index (χ1v) is 7.19. The fourth-order valence-electron chi connectivity index (χ4n) is 2.22. The van der Waals surface area contributed by atoms with Crippen LogP contribution in [0.4, 0.5) is 10.1 Å². The van der Waals surface area contributed by atoms with E-state index in [9.17, 15) is 4.39 Å². The van der Waals surface area contributed by atoms with E-state index in [2.05, 4.69) is 43.4 Å². The molecule has 0 bridgehead atoms. The molecule has 106 valence electrons. The van der Waals surface area contributed by atoms with Crippen LogP contribution in [0.2, 0.25) is 0 Å². The van der Waals surface area contributed by atoms with E-state index in [1.165, 1.54) is 11.6 Å². The van der Waals surface area contributed by atoms with Gasteiger partial charge in [-0.15, -0.1) is 0 Å². The average molecular weight is 271 g/mol. The third-order valence-corrected chi connectivity index (χ3v) is 3.88. The third kappa shape index (κ3) is 3.60. The number of aryl methyl sites for hydroxylation is 1. The predicted octanol–water partition coefficient (Wildman–Crippen LogP) is 5.26. The molecule has 20 heavy (non-hydrogen) atoms. The zero-order valence-corrected chi connectivity index (χ0v) is 12.4. The van der Waals surface area contributed by atoms with Gasteiger partial charge in [-0.1, -0.05) is 32.0 Å². The molecule has 1 N–H and O–H groups in total. The van der Waals surface area contributed by atoms with E-state index < -0.39 is 0 Å². The van der Waals surface area contributed by atoms with Crippen molar-refractivity contribution < 1.29 is 4.39 Å². The highest BCUT2D eigenvalue weighted by Gasteiger charge is 2.03. The summed E-state index contributed by atoms with van der Waals surface area (Å²) in [5.41, 5.74) is 4.57. The van der Waals surface area contributed by atoms with Crippen LogP contribution in [0.5, 0.6) is 0 Å². The number of halogens is 1. The topological polar surface area (TPSA) is 12.0 Å². The van der Waals surface area contributed by atoms with Gasteiger partial charge in [0.2, 0.25) is 0 Å². The quantitative estimate of drug-likeness (QED) is 0.782. The summed E-state index contributed by atoms with van der Waals surface area (Å²) in [6.07, 6.45) is 1.15. The first-order chi connectivity index (χ1) is 9.60. The molecular weight excluding hydrogens is 249 g/mol. The van der Waals surface area contributed by atoms with Gasteiger partial charge < -0.3 is 5.32 Å². The Labute approximate surface area is 120 Å². The maximum absolute atomic E-state index is 13.0. The molecule has 2 rings (SSSR count). The molecule has 0 radical (unpaired) electrons. The van der Waals surface area contributed by atoms with Gasteiger partial charge in [0.25, 0.3) is 0 Å². The van der Waals surface area contributed by atoms with E-state index >= 15 is 0 Å². The first-order valence-electron chi connectivity index (χ1n) is 7.19. The van der Waals surface area contributed by atoms with Crippen LogP contribution in [-0.4, -0.2) is 0 Å². The monoisotopic (exact) mass is 271 g/mol. The summed E-state index contributed by atoms with van der Waals surface area (Å²) in [5, 5.41) is 3.38. The minimum Gasteiger partial charge on any atom is -0.381 e. The molecule has 1 nitrogen and oxygen atoms in total. The zero-order valence-electron chi connectivity index (χ0n) is 12.4. The minimum absolute atomic E-state index is 0.177. The van der Waals surface area contributed by atoms with Crippen molar-refractivity contribution in [1.82, 2.24) is 0 Å². The molecule has 0 amide bonds. The summed E-state index contributed by atoms with van der Waals surface area (Å²) in [4.78, 5) is 0. The molecule has 0 saturated carbocycles. The standard InChI is InChI=1S/C18H22FN/c1-4-13(2)15-6-9-18(10-7-15)20-12-16-5-8-17(19)11-14(16)3/h5-11,13,20H,4,12H2,1-3H3. The van der Waals surface area contributed by atoms with Gasteiger partial charge >= 0.3 is 0 Å². The fourth-order valence-corrected chi connectivity index (χ4v) is 2.22. The van der Waals surface area contributed by atoms with E-state index in [1.807, 2.05) is 13.0 Å². The van der Waals surface area contributed by atoms with Gasteiger partial charge in [-0.25, -0.2) is 4.39 Å². The second kappa shape index (κ2) is 6.56. The Morgan fingerprint density at radius 3 is 2.40 bits per heavy atom. The summed E-state index contributed by atoms with van der Waals surface area (Å²) in [6, 6.07) is 13.5. The molecule has 0 saturated heterocycles. The average Bonchev–Trinajstić information content (AvgIpc) is 2.46. The van der Waals surface area contributed by atoms with Crippen LogP contribution in [0.1, 0.15) is 42.9 Å². The van der Waals surface area contributed by atoms with Crippen molar-refractivity contribution in [3.63, 3.8) is 0 Å². The second-order valence-electron chi connectivity index (χ2n) is 5.36. The molecule has 2 aromatic carbocycles. The highest BCUT2D eigenvalue weighted by atomic mass is 19.1. The van der Waals surface area contributed by atoms with Crippen molar-refractivity contribution in [3.05, 3.63) is 65.0 Å². The van der Waals surface area contributed by atoms with E-state index in [0.29, 0.717) is 5.92 Å². The van der Waals surface area contributed by atoms with Crippen molar-refractivity contribution in [2.75, 3.05) is 5.32 Å². The van der Waals surface area contributed by atoms with Crippen LogP contribution >= 0.6 is 0 Å². The molecule has 1 atom stereocenters. The fraction of sp³-hybridized carbons (Fsp3) is 0.333. The molecule has 0 heterocycles. The predicted molar refractivity (Wildman–Crippen MR) is 83.6 cm³/mol. The number of nitrogens with one attached hydrogen (secondary N) is 1. The maximum atomic E-state index is 13.0. The van der Waals surface area contributed by atoms with Crippen LogP contribution in [0.15, 0.2) is 42.5 Å². The van der Waals surface area contributed by atoms with E-state index in [4.69, 9.17) is 0 Å². The maximum Gasteiger partial charge on any atom is 0.123 e. The van der Waals surface area contributed by atoms with E-state index in [0.717, 1.165) is 29.8 Å². The SMILES string of the molecule is CCC(C)c1ccc(NCc2ccc(F)cc2C)cc1. The lowest BCUT2D eigenvalue weighted by atomic mass is 9.98. The number of rotatable bonds is 5. The lowest BCUT2D eigenvalue weighted by Gasteiger charge is -2.12. The lowest BCUT2D eigenvalue weighted by molar-refractivity contribution is 0.625. The van der Waals surface area contributed by atoms with Crippen LogP contribution < -0.4 is 5.32 Å². The molecule has 2 aromatic rings. The van der Waals surface area contributed by atoms with Gasteiger partial charge in [-0.2, -0.15) is 0 Å². The summed E-state index contributed by atoms with van der Waals surface area (Å²) >= 11 is 0. The molecule has 0 aliphatic carbocycles. The Bertz CT molecular complexity index is 560. The Morgan fingerprint density at radius 2 is 1.80 bits per heavy atom. The Balaban J connectivity index is 2.00. The van der Waals surface area contributed by atoms with Crippen molar-refractivity contribution >= 4 is 5.69 Å². The van der Waals surface area contributed by atoms with Crippen molar-refractivity contribution in [1.29, 1.82) is 0 Å². The van der Waals surface area contributed by atoms with E-state index in [1.54, 1.807) is 6.07 Å². The normalized spacial score (nSPS) is 12.2. The molecule has 2 heteroatoms. The summed E-state index contributed by atoms with van der Waals surface area (Å²) in [6.45, 7) is 7.10. The van der Waals surface area contributed by atoms with E-state index in [-0.39, 0.29) is 5.82 Å². The van der Waals surface area contributed by atoms with Gasteiger partial charge in [0.1, 0.15) is 5.82 Å². The van der Waals surface area contributed by atoms with Gasteiger partial charge in [0, 0.05) is 12.2 Å². The third-order valence-electron chi connectivity index (χ3n) is 3.88. The molecule has 0 aromatic heterocycles. The van der Waals surface area contributed by atoms with Gasteiger partial charge in [0.15, 0.2) is 0 Å². The number of anilines is 1. The van der Waals surface area contributed by atoms with Crippen LogP contribution in [0, 0.1) is 12.7 Å². The summed E-state index contributed by atoms with van der Waals surface area (Å²) in [7, 11) is 0. The van der Waals surface area contributed by atoms with Crippen LogP contribution in [0.3, 0.4) is 0 Å². The first kappa shape index (κ1) is 14.6. The van der Waals surface area contributed by atoms with Crippen LogP contribution in [0.25, 0.3) is 0 Å². The molecular formula is C18H22FN. The summed E-state index contributed by atoms with van der Waals surface area (Å²) in [5.74, 6) is 0.424. The van der Waals surface area contributed by atoms with Gasteiger partial charge in [-0.3, -0.25) is 0 Å². The van der Waals surface area contributed by atoms with Crippen molar-refractivity contribution in [2.24, 2.45) is 0 Å². The van der Waals surface area contributed by atoms with Crippen molar-refractivity contribution in [2.45, 2.75) is 39.7 Å². The number of hydrogen-bond acceptors (Lipinski definition) is 1. The highest BCUT2D eigenvalue weighted by Crippen LogP contribution is 2.21. The molecule has 1 unspecified atom stereocenters. The Kier molecular flexibility index (Phi) is 4.78. The zero-order chi connectivity index (χ0) is 14.5. The smallest absolute Gasteiger partial charge is 0.123 e. The molecule has 0 fully saturated rings.